The van der Waals surface area contributed by atoms with E-state index in [2.05, 4.69) is 13.5 Å². The summed E-state index contributed by atoms with van der Waals surface area (Å²) < 4.78 is 49.0. The van der Waals surface area contributed by atoms with Crippen LogP contribution in [0.5, 0.6) is 5.75 Å². The van der Waals surface area contributed by atoms with Crippen molar-refractivity contribution in [3.63, 3.8) is 0 Å². The number of benzene rings is 3. The molecule has 0 aliphatic carbocycles. The van der Waals surface area contributed by atoms with Crippen LogP contribution in [0.4, 0.5) is 0 Å². The second-order valence-corrected chi connectivity index (χ2v) is 13.6. The number of sulfonamides is 1. The molecule has 1 unspecified atom stereocenters. The Morgan fingerprint density at radius 3 is 2.07 bits per heavy atom. The summed E-state index contributed by atoms with van der Waals surface area (Å²) in [5.74, 6) is -0.884. The minimum Gasteiger partial charge on any atom is -0.475 e. The Balaban J connectivity index is 1.78. The maximum atomic E-state index is 13.9. The molecule has 0 bridgehead atoms. The molecule has 1 amide bonds. The van der Waals surface area contributed by atoms with Gasteiger partial charge in [0.15, 0.2) is 0 Å². The SMILES string of the molecule is CCCc1cc(C(=O)OC)cc(CCC)c1OC(C(=O)NS(=O)(=O)c1ccc(C(C)(C)C)cc1)c1ccc2nsnc2c1. The second-order valence-electron chi connectivity index (χ2n) is 11.4. The maximum absolute atomic E-state index is 13.9. The lowest BCUT2D eigenvalue weighted by molar-refractivity contribution is -0.126. The van der Waals surface area contributed by atoms with Crippen molar-refractivity contribution in [2.45, 2.75) is 76.7 Å². The predicted octanol–water partition coefficient (Wildman–Crippen LogP) is 6.31. The topological polar surface area (TPSA) is 125 Å². The van der Waals surface area contributed by atoms with Crippen LogP contribution in [0.15, 0.2) is 59.5 Å². The first-order valence-corrected chi connectivity index (χ1v) is 16.4. The summed E-state index contributed by atoms with van der Waals surface area (Å²) in [6.45, 7) is 10.1. The first kappa shape index (κ1) is 32.1. The standard InChI is InChI=1S/C32H37N3O6S2/c1-7-9-20-17-23(31(37)40-6)18-21(10-8-2)28(20)41-29(22-11-16-26-27(19-22)34-42-33-26)30(36)35-43(38,39)25-14-12-24(13-15-25)32(3,4)5/h11-19,29H,7-10H2,1-6H3,(H,35,36). The zero-order chi connectivity index (χ0) is 31.4. The van der Waals surface area contributed by atoms with Gasteiger partial charge in [-0.05, 0) is 71.3 Å². The monoisotopic (exact) mass is 623 g/mol. The van der Waals surface area contributed by atoms with Crippen LogP contribution >= 0.6 is 11.7 Å². The molecule has 3 aromatic carbocycles. The largest absolute Gasteiger partial charge is 0.475 e. The van der Waals surface area contributed by atoms with Gasteiger partial charge in [-0.3, -0.25) is 4.79 Å². The maximum Gasteiger partial charge on any atom is 0.337 e. The third-order valence-electron chi connectivity index (χ3n) is 7.02. The number of nitrogens with zero attached hydrogens (tertiary/aromatic N) is 2. The third kappa shape index (κ3) is 7.40. The minimum atomic E-state index is -4.23. The Morgan fingerprint density at radius 1 is 0.907 bits per heavy atom. The first-order valence-electron chi connectivity index (χ1n) is 14.2. The Labute approximate surface area is 257 Å². The van der Waals surface area contributed by atoms with Crippen LogP contribution in [0.3, 0.4) is 0 Å². The molecule has 11 heteroatoms. The lowest BCUT2D eigenvalue weighted by atomic mass is 9.87. The van der Waals surface area contributed by atoms with E-state index in [1.165, 1.54) is 19.2 Å². The molecule has 0 aliphatic heterocycles. The smallest absolute Gasteiger partial charge is 0.337 e. The molecule has 4 aromatic rings. The number of fused-ring (bicyclic) bond motifs is 1. The van der Waals surface area contributed by atoms with Gasteiger partial charge in [-0.25, -0.2) is 17.9 Å². The van der Waals surface area contributed by atoms with E-state index >= 15 is 0 Å². The van der Waals surface area contributed by atoms with E-state index in [0.29, 0.717) is 40.8 Å². The number of aromatic nitrogens is 2. The quantitative estimate of drug-likeness (QED) is 0.193. The van der Waals surface area contributed by atoms with Gasteiger partial charge in [-0.1, -0.05) is 65.7 Å². The fourth-order valence-electron chi connectivity index (χ4n) is 4.78. The molecule has 0 saturated carbocycles. The Kier molecular flexibility index (Phi) is 9.86. The van der Waals surface area contributed by atoms with E-state index in [1.54, 1.807) is 42.5 Å². The first-order chi connectivity index (χ1) is 20.4. The molecule has 1 heterocycles. The average Bonchev–Trinajstić information content (AvgIpc) is 3.44. The molecule has 9 nitrogen and oxygen atoms in total. The van der Waals surface area contributed by atoms with Crippen molar-refractivity contribution in [2.24, 2.45) is 0 Å². The van der Waals surface area contributed by atoms with E-state index in [4.69, 9.17) is 9.47 Å². The van der Waals surface area contributed by atoms with Gasteiger partial charge >= 0.3 is 5.97 Å². The van der Waals surface area contributed by atoms with E-state index < -0.39 is 28.0 Å². The van der Waals surface area contributed by atoms with Crippen molar-refractivity contribution in [3.8, 4) is 5.75 Å². The number of hydrogen-bond acceptors (Lipinski definition) is 9. The van der Waals surface area contributed by atoms with Gasteiger partial charge in [0.2, 0.25) is 6.10 Å². The number of hydrogen-bond donors (Lipinski definition) is 1. The lowest BCUT2D eigenvalue weighted by Gasteiger charge is -2.24. The predicted molar refractivity (Wildman–Crippen MR) is 167 cm³/mol. The Hall–Kier alpha value is -3.83. The van der Waals surface area contributed by atoms with Crippen LogP contribution in [-0.2, 0) is 37.8 Å². The number of esters is 1. The van der Waals surface area contributed by atoms with Gasteiger partial charge in [-0.2, -0.15) is 8.75 Å². The van der Waals surface area contributed by atoms with E-state index in [1.807, 2.05) is 34.6 Å². The normalized spacial score (nSPS) is 12.6. The fraction of sp³-hybridized carbons (Fsp3) is 0.375. The number of carbonyl (C=O) groups is 2. The van der Waals surface area contributed by atoms with E-state index in [0.717, 1.165) is 41.3 Å². The van der Waals surface area contributed by atoms with Crippen LogP contribution in [-0.4, -0.2) is 36.2 Å². The van der Waals surface area contributed by atoms with Crippen LogP contribution < -0.4 is 9.46 Å². The second kappa shape index (κ2) is 13.2. The van der Waals surface area contributed by atoms with Crippen molar-refractivity contribution in [1.82, 2.24) is 13.5 Å². The van der Waals surface area contributed by atoms with Crippen LogP contribution in [0.2, 0.25) is 0 Å². The van der Waals surface area contributed by atoms with Crippen molar-refractivity contribution in [3.05, 3.63) is 82.4 Å². The van der Waals surface area contributed by atoms with Crippen LogP contribution in [0.1, 0.15) is 86.2 Å². The third-order valence-corrected chi connectivity index (χ3v) is 8.94. The molecule has 0 radical (unpaired) electrons. The van der Waals surface area contributed by atoms with Crippen molar-refractivity contribution >= 4 is 44.7 Å². The van der Waals surface area contributed by atoms with Crippen LogP contribution in [0.25, 0.3) is 11.0 Å². The summed E-state index contributed by atoms with van der Waals surface area (Å²) in [5.41, 5.74) is 4.27. The summed E-state index contributed by atoms with van der Waals surface area (Å²) >= 11 is 1.04. The molecule has 4 rings (SSSR count). The van der Waals surface area contributed by atoms with Gasteiger partial charge in [0.1, 0.15) is 16.8 Å². The van der Waals surface area contributed by atoms with Crippen molar-refractivity contribution < 1.29 is 27.5 Å². The molecule has 0 aliphatic rings. The summed E-state index contributed by atoms with van der Waals surface area (Å²) in [5, 5.41) is 0. The highest BCUT2D eigenvalue weighted by Gasteiger charge is 2.30. The summed E-state index contributed by atoms with van der Waals surface area (Å²) in [6, 6.07) is 15.0. The highest BCUT2D eigenvalue weighted by Crippen LogP contribution is 2.34. The van der Waals surface area contributed by atoms with E-state index in [9.17, 15) is 18.0 Å². The minimum absolute atomic E-state index is 0.0347. The van der Waals surface area contributed by atoms with Crippen molar-refractivity contribution in [1.29, 1.82) is 0 Å². The number of carbonyl (C=O) groups excluding carboxylic acids is 2. The molecule has 228 valence electrons. The molecule has 0 spiro atoms. The number of rotatable bonds is 11. The molecule has 1 aromatic heterocycles. The van der Waals surface area contributed by atoms with Crippen LogP contribution in [0, 0.1) is 0 Å². The summed E-state index contributed by atoms with van der Waals surface area (Å²) in [7, 11) is -2.90. The number of aryl methyl sites for hydroxylation is 2. The number of nitrogens with one attached hydrogen (secondary N) is 1. The van der Waals surface area contributed by atoms with Crippen molar-refractivity contribution in [2.75, 3.05) is 7.11 Å². The highest BCUT2D eigenvalue weighted by molar-refractivity contribution is 7.90. The van der Waals surface area contributed by atoms with Gasteiger partial charge in [0, 0.05) is 5.56 Å². The summed E-state index contributed by atoms with van der Waals surface area (Å²) in [6.07, 6.45) is 1.29. The van der Waals surface area contributed by atoms with E-state index in [-0.39, 0.29) is 10.3 Å². The molecular formula is C32H37N3O6S2. The molecule has 0 fully saturated rings. The number of methoxy groups -OCH3 is 1. The number of amides is 1. The van der Waals surface area contributed by atoms with Gasteiger partial charge in [0.25, 0.3) is 15.9 Å². The number of ether oxygens (including phenoxy) is 2. The molecule has 43 heavy (non-hydrogen) atoms. The molecule has 0 saturated heterocycles. The fourth-order valence-corrected chi connectivity index (χ4v) is 6.29. The Bertz CT molecular complexity index is 1700. The zero-order valence-electron chi connectivity index (χ0n) is 25.3. The Morgan fingerprint density at radius 2 is 1.51 bits per heavy atom. The molecular weight excluding hydrogens is 587 g/mol. The highest BCUT2D eigenvalue weighted by atomic mass is 32.2. The lowest BCUT2D eigenvalue weighted by Crippen LogP contribution is -2.37. The zero-order valence-corrected chi connectivity index (χ0v) is 26.9. The van der Waals surface area contributed by atoms with Gasteiger partial charge in [0.05, 0.1) is 29.3 Å². The molecule has 1 N–H and O–H groups in total. The average molecular weight is 624 g/mol. The summed E-state index contributed by atoms with van der Waals surface area (Å²) in [4.78, 5) is 26.3. The molecule has 1 atom stereocenters. The van der Waals surface area contributed by atoms with Gasteiger partial charge in [-0.15, -0.1) is 0 Å². The van der Waals surface area contributed by atoms with Gasteiger partial charge < -0.3 is 9.47 Å².